The van der Waals surface area contributed by atoms with Gasteiger partial charge in [-0.1, -0.05) is 38.1 Å². The summed E-state index contributed by atoms with van der Waals surface area (Å²) < 4.78 is 18.8. The van der Waals surface area contributed by atoms with Gasteiger partial charge in [-0.05, 0) is 60.4 Å². The molecule has 0 spiro atoms. The Balaban J connectivity index is 1.36. The highest BCUT2D eigenvalue weighted by Crippen LogP contribution is 2.27. The largest absolute Gasteiger partial charge is 0.494 e. The Morgan fingerprint density at radius 2 is 1.73 bits per heavy atom. The van der Waals surface area contributed by atoms with E-state index in [0.717, 1.165) is 35.6 Å². The van der Waals surface area contributed by atoms with Crippen LogP contribution in [0.25, 0.3) is 11.0 Å². The number of ether oxygens (including phenoxy) is 3. The van der Waals surface area contributed by atoms with Crippen molar-refractivity contribution in [1.29, 1.82) is 0 Å². The molecule has 1 amide bonds. The van der Waals surface area contributed by atoms with Crippen molar-refractivity contribution in [2.45, 2.75) is 39.2 Å². The third-order valence-electron chi connectivity index (χ3n) is 6.36. The van der Waals surface area contributed by atoms with Crippen molar-refractivity contribution in [3.05, 3.63) is 83.7 Å². The normalized spacial score (nSPS) is 11.1. The molecule has 0 bridgehead atoms. The fourth-order valence-electron chi connectivity index (χ4n) is 4.29. The van der Waals surface area contributed by atoms with Crippen LogP contribution in [0.2, 0.25) is 0 Å². The Bertz CT molecular complexity index is 1330. The molecule has 0 aliphatic heterocycles. The number of hydrogen-bond acceptors (Lipinski definition) is 5. The highest BCUT2D eigenvalue weighted by molar-refractivity contribution is 5.94. The molecule has 4 aromatic rings. The van der Waals surface area contributed by atoms with Crippen LogP contribution in [0.4, 0.5) is 0 Å². The van der Waals surface area contributed by atoms with Gasteiger partial charge in [-0.3, -0.25) is 4.79 Å². The number of para-hydroxylation sites is 2. The van der Waals surface area contributed by atoms with Crippen molar-refractivity contribution in [2.75, 3.05) is 27.4 Å². The van der Waals surface area contributed by atoms with Crippen LogP contribution in [0.3, 0.4) is 0 Å². The van der Waals surface area contributed by atoms with Gasteiger partial charge in [0.25, 0.3) is 5.91 Å². The van der Waals surface area contributed by atoms with Crippen molar-refractivity contribution in [3.8, 4) is 17.2 Å². The van der Waals surface area contributed by atoms with Gasteiger partial charge in [-0.25, -0.2) is 4.98 Å². The minimum atomic E-state index is -0.166. The molecule has 0 saturated heterocycles. The van der Waals surface area contributed by atoms with E-state index in [1.807, 2.05) is 30.3 Å². The van der Waals surface area contributed by atoms with E-state index < -0.39 is 0 Å². The van der Waals surface area contributed by atoms with Crippen LogP contribution in [0.5, 0.6) is 17.2 Å². The molecule has 0 saturated carbocycles. The van der Waals surface area contributed by atoms with Crippen molar-refractivity contribution in [2.24, 2.45) is 0 Å². The Labute approximate surface area is 218 Å². The summed E-state index contributed by atoms with van der Waals surface area (Å²) in [5.74, 6) is 3.28. The first-order chi connectivity index (χ1) is 18.0. The third kappa shape index (κ3) is 6.42. The van der Waals surface area contributed by atoms with Gasteiger partial charge in [-0.15, -0.1) is 0 Å². The van der Waals surface area contributed by atoms with Crippen LogP contribution in [0, 0.1) is 0 Å². The molecule has 0 radical (unpaired) electrons. The number of carbonyl (C=O) groups is 1. The maximum absolute atomic E-state index is 12.7. The van der Waals surface area contributed by atoms with Crippen LogP contribution in [0.1, 0.15) is 47.9 Å². The number of nitrogens with zero attached hydrogens (tertiary/aromatic N) is 2. The van der Waals surface area contributed by atoms with Gasteiger partial charge in [0.1, 0.15) is 11.6 Å². The number of fused-ring (bicyclic) bond motifs is 1. The smallest absolute Gasteiger partial charge is 0.251 e. The molecule has 7 heteroatoms. The Hall–Kier alpha value is -4.00. The predicted molar refractivity (Wildman–Crippen MR) is 146 cm³/mol. The summed E-state index contributed by atoms with van der Waals surface area (Å²) in [5.41, 5.74) is 3.86. The summed E-state index contributed by atoms with van der Waals surface area (Å²) in [5, 5.41) is 3.00. The number of nitrogens with one attached hydrogen (secondary N) is 1. The summed E-state index contributed by atoms with van der Waals surface area (Å²) in [6.45, 7) is 6.23. The number of amides is 1. The molecule has 0 atom stereocenters. The molecule has 4 rings (SSSR count). The van der Waals surface area contributed by atoms with E-state index in [1.165, 1.54) is 5.56 Å². The Morgan fingerprint density at radius 1 is 0.973 bits per heavy atom. The highest BCUT2D eigenvalue weighted by Gasteiger charge is 2.13. The summed E-state index contributed by atoms with van der Waals surface area (Å²) in [6, 6.07) is 21.6. The van der Waals surface area contributed by atoms with Crippen molar-refractivity contribution >= 4 is 16.9 Å². The molecule has 37 heavy (non-hydrogen) atoms. The van der Waals surface area contributed by atoms with Gasteiger partial charge in [0, 0.05) is 25.1 Å². The zero-order valence-electron chi connectivity index (χ0n) is 22.0. The SMILES string of the molecule is COc1ccc(C(=O)NCCc2nc3ccccc3n2CCCOc2ccc(C(C)C)cc2)cc1OC. The van der Waals surface area contributed by atoms with E-state index in [0.29, 0.717) is 42.6 Å². The second-order valence-electron chi connectivity index (χ2n) is 9.17. The number of hydrogen-bond donors (Lipinski definition) is 1. The van der Waals surface area contributed by atoms with E-state index in [9.17, 15) is 4.79 Å². The van der Waals surface area contributed by atoms with Gasteiger partial charge in [-0.2, -0.15) is 0 Å². The number of imidazole rings is 1. The van der Waals surface area contributed by atoms with Crippen LogP contribution < -0.4 is 19.5 Å². The lowest BCUT2D eigenvalue weighted by atomic mass is 10.0. The molecule has 7 nitrogen and oxygen atoms in total. The monoisotopic (exact) mass is 501 g/mol. The highest BCUT2D eigenvalue weighted by atomic mass is 16.5. The Kier molecular flexibility index (Phi) is 8.67. The first-order valence-electron chi connectivity index (χ1n) is 12.7. The Morgan fingerprint density at radius 3 is 2.46 bits per heavy atom. The van der Waals surface area contributed by atoms with Crippen LogP contribution in [0.15, 0.2) is 66.7 Å². The fourth-order valence-corrected chi connectivity index (χ4v) is 4.29. The molecule has 0 aliphatic rings. The zero-order chi connectivity index (χ0) is 26.2. The van der Waals surface area contributed by atoms with Gasteiger partial charge in [0.15, 0.2) is 11.5 Å². The fraction of sp³-hybridized carbons (Fsp3) is 0.333. The van der Waals surface area contributed by atoms with Crippen molar-refractivity contribution in [1.82, 2.24) is 14.9 Å². The summed E-state index contributed by atoms with van der Waals surface area (Å²) in [6.07, 6.45) is 1.46. The maximum Gasteiger partial charge on any atom is 0.251 e. The summed E-state index contributed by atoms with van der Waals surface area (Å²) in [7, 11) is 3.12. The number of carbonyl (C=O) groups excluding carboxylic acids is 1. The van der Waals surface area contributed by atoms with E-state index >= 15 is 0 Å². The van der Waals surface area contributed by atoms with Gasteiger partial charge >= 0.3 is 0 Å². The third-order valence-corrected chi connectivity index (χ3v) is 6.36. The van der Waals surface area contributed by atoms with Crippen molar-refractivity contribution in [3.63, 3.8) is 0 Å². The predicted octanol–water partition coefficient (Wildman–Crippen LogP) is 5.62. The van der Waals surface area contributed by atoms with E-state index in [-0.39, 0.29) is 5.91 Å². The van der Waals surface area contributed by atoms with Crippen LogP contribution >= 0.6 is 0 Å². The average Bonchev–Trinajstić information content (AvgIpc) is 3.28. The topological polar surface area (TPSA) is 74.6 Å². The lowest BCUT2D eigenvalue weighted by Gasteiger charge is -2.12. The lowest BCUT2D eigenvalue weighted by Crippen LogP contribution is -2.26. The van der Waals surface area contributed by atoms with E-state index in [4.69, 9.17) is 19.2 Å². The standard InChI is InChI=1S/C30H35N3O4/c1-21(2)22-10-13-24(14-11-22)37-19-7-18-33-26-9-6-5-8-25(26)32-29(33)16-17-31-30(34)23-12-15-27(35-3)28(20-23)36-4/h5-6,8-15,20-21H,7,16-19H2,1-4H3,(H,31,34). The van der Waals surface area contributed by atoms with Gasteiger partial charge in [0.2, 0.25) is 0 Å². The van der Waals surface area contributed by atoms with Gasteiger partial charge in [0.05, 0.1) is 31.9 Å². The van der Waals surface area contributed by atoms with E-state index in [2.05, 4.69) is 41.9 Å². The molecule has 194 valence electrons. The lowest BCUT2D eigenvalue weighted by molar-refractivity contribution is 0.0953. The second kappa shape index (κ2) is 12.3. The molecule has 0 aliphatic carbocycles. The molecular weight excluding hydrogens is 466 g/mol. The minimum Gasteiger partial charge on any atom is -0.494 e. The molecular formula is C30H35N3O4. The first-order valence-corrected chi connectivity index (χ1v) is 12.7. The number of aryl methyl sites for hydroxylation is 1. The number of rotatable bonds is 12. The molecule has 1 heterocycles. The number of methoxy groups -OCH3 is 2. The molecule has 0 fully saturated rings. The quantitative estimate of drug-likeness (QED) is 0.255. The van der Waals surface area contributed by atoms with Crippen LogP contribution in [-0.2, 0) is 13.0 Å². The minimum absolute atomic E-state index is 0.166. The molecule has 3 aromatic carbocycles. The number of benzene rings is 3. The second-order valence-corrected chi connectivity index (χ2v) is 9.17. The van der Waals surface area contributed by atoms with Crippen molar-refractivity contribution < 1.29 is 19.0 Å². The van der Waals surface area contributed by atoms with E-state index in [1.54, 1.807) is 32.4 Å². The molecule has 1 N–H and O–H groups in total. The summed E-state index contributed by atoms with van der Waals surface area (Å²) >= 11 is 0. The van der Waals surface area contributed by atoms with Gasteiger partial charge < -0.3 is 24.1 Å². The zero-order valence-corrected chi connectivity index (χ0v) is 22.0. The average molecular weight is 502 g/mol. The summed E-state index contributed by atoms with van der Waals surface area (Å²) in [4.78, 5) is 17.5. The molecule has 1 aromatic heterocycles. The molecule has 0 unspecified atom stereocenters. The maximum atomic E-state index is 12.7. The van der Waals surface area contributed by atoms with Crippen LogP contribution in [-0.4, -0.2) is 42.8 Å². The first kappa shape index (κ1) is 26.1. The number of aromatic nitrogens is 2.